The van der Waals surface area contributed by atoms with Gasteiger partial charge in [0.05, 0.1) is 34.7 Å². The second kappa shape index (κ2) is 21.0. The Labute approximate surface area is 362 Å². The number of carboxylic acid groups (broad SMARTS) is 8. The number of aliphatic carboxylic acids is 8. The van der Waals surface area contributed by atoms with E-state index in [4.69, 9.17) is 9.97 Å². The number of rotatable bonds is 24. The lowest BCUT2D eigenvalue weighted by Gasteiger charge is -2.14. The van der Waals surface area contributed by atoms with Crippen LogP contribution >= 0.6 is 0 Å². The molecule has 0 aromatic carbocycles. The Morgan fingerprint density at radius 3 is 1.39 bits per heavy atom. The van der Waals surface area contributed by atoms with Crippen LogP contribution in [0.15, 0.2) is 18.2 Å². The van der Waals surface area contributed by atoms with Crippen LogP contribution in [-0.2, 0) is 77.0 Å². The lowest BCUT2D eigenvalue weighted by Crippen LogP contribution is -2.09. The standard InChI is InChI=1S/C44H46N4O16/c49-33(50)10-1-22-19-25-20-23-2-3-24(45-23)21-32-26(4-11-34(51)52)29(7-14-37(57)58)44(48(32)18-17-40(63)64)31(9-16-39(61)62)43-28(6-13-36(55)56)27(5-12-35(53)54)42(47-43)30(41(22)46-25)8-15-38(59)60/h2-3,19-21,46H,1,4-18H2,(H,49,50)(H,51,52)(H,53,54)(H,55,56)(H,57,58)(H,59,60)(H,61,62)(H,63,64). The van der Waals surface area contributed by atoms with E-state index in [0.29, 0.717) is 28.0 Å². The monoisotopic (exact) mass is 886 g/mol. The van der Waals surface area contributed by atoms with Crippen LogP contribution in [0.5, 0.6) is 0 Å². The third-order valence-electron chi connectivity index (χ3n) is 10.7. The Balaban J connectivity index is 2.21. The summed E-state index contributed by atoms with van der Waals surface area (Å²) in [5.74, 6) is -9.96. The summed E-state index contributed by atoms with van der Waals surface area (Å²) in [7, 11) is 0. The topological polar surface area (TPSA) is 345 Å². The van der Waals surface area contributed by atoms with E-state index in [1.54, 1.807) is 30.4 Å². The highest BCUT2D eigenvalue weighted by atomic mass is 16.4. The van der Waals surface area contributed by atoms with Crippen molar-refractivity contribution in [2.45, 2.75) is 103 Å². The van der Waals surface area contributed by atoms with Crippen LogP contribution in [0.25, 0.3) is 45.4 Å². The number of nitrogens with zero attached hydrogens (tertiary/aromatic N) is 3. The number of H-pyrrole nitrogens is 1. The number of aryl methyl sites for hydroxylation is 6. The van der Waals surface area contributed by atoms with Gasteiger partial charge in [0.1, 0.15) is 0 Å². The SMILES string of the molecule is O=C(O)CCC1=C(CCC(=O)O)c2nc1c(CCC(=O)O)c1[nH]c(cc3nc(cc4c(CCC(=O)O)c(CCC(=O)O)c(c2CCC(=O)O)n4CCC(=O)O)C=C3)cc1CCC(=O)O. The molecule has 3 aromatic heterocycles. The Hall–Kier alpha value is -7.64. The zero-order valence-electron chi connectivity index (χ0n) is 34.4. The quantitative estimate of drug-likeness (QED) is 0.0438. The number of carbonyl (C=O) groups is 8. The molecule has 5 rings (SSSR count). The fourth-order valence-corrected chi connectivity index (χ4v) is 8.08. The number of aromatic nitrogens is 4. The van der Waals surface area contributed by atoms with E-state index >= 15 is 0 Å². The molecule has 0 atom stereocenters. The van der Waals surface area contributed by atoms with Crippen molar-refractivity contribution in [3.63, 3.8) is 0 Å². The highest BCUT2D eigenvalue weighted by Crippen LogP contribution is 2.43. The van der Waals surface area contributed by atoms with Crippen molar-refractivity contribution < 1.29 is 79.2 Å². The highest BCUT2D eigenvalue weighted by molar-refractivity contribution is 5.98. The summed E-state index contributed by atoms with van der Waals surface area (Å²) in [5, 5.41) is 79.6. The van der Waals surface area contributed by atoms with E-state index in [1.165, 1.54) is 4.57 Å². The molecule has 0 spiro atoms. The Morgan fingerprint density at radius 1 is 0.453 bits per heavy atom. The molecule has 2 aliphatic rings. The fourth-order valence-electron chi connectivity index (χ4n) is 8.08. The molecular weight excluding hydrogens is 840 g/mol. The third-order valence-corrected chi connectivity index (χ3v) is 10.7. The van der Waals surface area contributed by atoms with E-state index in [2.05, 4.69) is 4.98 Å². The maximum absolute atomic E-state index is 12.4. The number of hydrogen-bond acceptors (Lipinski definition) is 10. The normalized spacial score (nSPS) is 12.1. The summed E-state index contributed by atoms with van der Waals surface area (Å²) in [4.78, 5) is 111. The first-order valence-corrected chi connectivity index (χ1v) is 20.3. The first kappa shape index (κ1) is 47.4. The molecule has 0 saturated carbocycles. The highest BCUT2D eigenvalue weighted by Gasteiger charge is 2.30. The van der Waals surface area contributed by atoms with Crippen LogP contribution in [0.2, 0.25) is 0 Å². The van der Waals surface area contributed by atoms with E-state index in [9.17, 15) is 79.2 Å². The van der Waals surface area contributed by atoms with Crippen molar-refractivity contribution in [3.05, 3.63) is 68.8 Å². The molecule has 338 valence electrons. The number of allylic oxidation sites excluding steroid dienone is 2. The fraction of sp³-hybridized carbons (Fsp3) is 0.364. The summed E-state index contributed by atoms with van der Waals surface area (Å²) < 4.78 is 1.52. The van der Waals surface area contributed by atoms with Crippen molar-refractivity contribution in [1.82, 2.24) is 19.5 Å². The summed E-state index contributed by atoms with van der Waals surface area (Å²) in [6.45, 7) is -0.323. The summed E-state index contributed by atoms with van der Waals surface area (Å²) in [6, 6.07) is 4.83. The molecule has 3 aromatic rings. The zero-order chi connectivity index (χ0) is 46.8. The maximum atomic E-state index is 12.4. The molecule has 2 aliphatic heterocycles. The molecule has 20 nitrogen and oxygen atoms in total. The largest absolute Gasteiger partial charge is 0.481 e. The molecule has 9 N–H and O–H groups in total. The summed E-state index contributed by atoms with van der Waals surface area (Å²) >= 11 is 0. The minimum Gasteiger partial charge on any atom is -0.481 e. The predicted octanol–water partition coefficient (Wildman–Crippen LogP) is 5.16. The molecule has 0 unspecified atom stereocenters. The van der Waals surface area contributed by atoms with Crippen LogP contribution in [0.1, 0.15) is 115 Å². The molecule has 0 amide bonds. The third kappa shape index (κ3) is 12.0. The number of hydrogen-bond donors (Lipinski definition) is 9. The van der Waals surface area contributed by atoms with E-state index in [1.807, 2.05) is 0 Å². The second-order valence-corrected chi connectivity index (χ2v) is 15.2. The smallest absolute Gasteiger partial charge is 0.305 e. The van der Waals surface area contributed by atoms with Gasteiger partial charge in [-0.15, -0.1) is 0 Å². The maximum Gasteiger partial charge on any atom is 0.305 e. The number of aromatic amines is 1. The van der Waals surface area contributed by atoms with Gasteiger partial charge in [0.25, 0.3) is 0 Å². The van der Waals surface area contributed by atoms with E-state index in [0.717, 1.165) is 0 Å². The molecule has 0 aliphatic carbocycles. The average molecular weight is 887 g/mol. The number of carboxylic acids is 8. The minimum absolute atomic E-state index is 0.0186. The molecule has 64 heavy (non-hydrogen) atoms. The Kier molecular flexibility index (Phi) is 15.5. The van der Waals surface area contributed by atoms with Crippen LogP contribution < -0.4 is 0 Å². The van der Waals surface area contributed by atoms with Gasteiger partial charge in [-0.25, -0.2) is 9.97 Å². The van der Waals surface area contributed by atoms with Crippen LogP contribution in [-0.4, -0.2) is 108 Å². The molecular formula is C44H46N4O16. The molecule has 0 saturated heterocycles. The van der Waals surface area contributed by atoms with Gasteiger partial charge in [0.15, 0.2) is 0 Å². The second-order valence-electron chi connectivity index (χ2n) is 15.2. The Morgan fingerprint density at radius 2 is 0.875 bits per heavy atom. The van der Waals surface area contributed by atoms with Crippen molar-refractivity contribution in [2.24, 2.45) is 0 Å². The molecule has 20 heteroatoms. The van der Waals surface area contributed by atoms with Gasteiger partial charge in [0, 0.05) is 79.2 Å². The van der Waals surface area contributed by atoms with Crippen LogP contribution in [0.3, 0.4) is 0 Å². The predicted molar refractivity (Wildman–Crippen MR) is 226 cm³/mol. The summed E-state index contributed by atoms with van der Waals surface area (Å²) in [5.41, 5.74) is 3.14. The van der Waals surface area contributed by atoms with Crippen LogP contribution in [0.4, 0.5) is 0 Å². The zero-order valence-corrected chi connectivity index (χ0v) is 34.4. The molecule has 5 heterocycles. The van der Waals surface area contributed by atoms with Gasteiger partial charge in [0.2, 0.25) is 0 Å². The molecule has 0 fully saturated rings. The van der Waals surface area contributed by atoms with E-state index < -0.39 is 99.1 Å². The molecule has 0 radical (unpaired) electrons. The first-order chi connectivity index (χ1) is 30.3. The lowest BCUT2D eigenvalue weighted by molar-refractivity contribution is -0.138. The minimum atomic E-state index is -1.31. The van der Waals surface area contributed by atoms with Gasteiger partial charge in [-0.2, -0.15) is 0 Å². The van der Waals surface area contributed by atoms with Gasteiger partial charge in [-0.05, 0) is 103 Å². The number of nitrogens with one attached hydrogen (secondary N) is 1. The van der Waals surface area contributed by atoms with Gasteiger partial charge in [-0.3, -0.25) is 38.4 Å². The van der Waals surface area contributed by atoms with E-state index in [-0.39, 0.29) is 107 Å². The van der Waals surface area contributed by atoms with Crippen molar-refractivity contribution in [1.29, 1.82) is 0 Å². The summed E-state index contributed by atoms with van der Waals surface area (Å²) in [6.07, 6.45) is -2.67. The Bertz CT molecular complexity index is 2670. The van der Waals surface area contributed by atoms with Crippen molar-refractivity contribution in [3.8, 4) is 0 Å². The average Bonchev–Trinajstić information content (AvgIpc) is 3.97. The van der Waals surface area contributed by atoms with Gasteiger partial charge in [-0.1, -0.05) is 0 Å². The van der Waals surface area contributed by atoms with Crippen molar-refractivity contribution in [2.75, 3.05) is 0 Å². The van der Waals surface area contributed by atoms with Crippen LogP contribution in [0, 0.1) is 0 Å². The van der Waals surface area contributed by atoms with Gasteiger partial charge >= 0.3 is 47.8 Å². The lowest BCUT2D eigenvalue weighted by atomic mass is 9.90. The number of fused-ring (bicyclic) bond motifs is 8. The van der Waals surface area contributed by atoms with Crippen molar-refractivity contribution >= 4 is 93.1 Å². The first-order valence-electron chi connectivity index (χ1n) is 20.3. The molecule has 8 bridgehead atoms. The van der Waals surface area contributed by atoms with Gasteiger partial charge < -0.3 is 50.4 Å².